The van der Waals surface area contributed by atoms with Crippen LogP contribution in [0.4, 0.5) is 5.69 Å². The van der Waals surface area contributed by atoms with Gasteiger partial charge in [0.1, 0.15) is 5.76 Å². The lowest BCUT2D eigenvalue weighted by molar-refractivity contribution is 0.380. The summed E-state index contributed by atoms with van der Waals surface area (Å²) in [6, 6.07) is 8.57. The summed E-state index contributed by atoms with van der Waals surface area (Å²) in [6.45, 7) is 6.34. The number of fused-ring (bicyclic) bond motifs is 3. The molecule has 2 heterocycles. The first-order valence-corrected chi connectivity index (χ1v) is 6.60. The van der Waals surface area contributed by atoms with E-state index in [0.717, 1.165) is 37.4 Å². The van der Waals surface area contributed by atoms with Gasteiger partial charge in [-0.1, -0.05) is 30.3 Å². The highest BCUT2D eigenvalue weighted by molar-refractivity contribution is 5.82. The van der Waals surface area contributed by atoms with Crippen LogP contribution in [0.5, 0.6) is 0 Å². The Labute approximate surface area is 107 Å². The molecule has 1 aliphatic rings. The number of nitrogens with zero attached hydrogens (tertiary/aromatic N) is 2. The third kappa shape index (κ3) is 1.70. The lowest BCUT2D eigenvalue weighted by Gasteiger charge is -2.24. The number of rotatable bonds is 2. The van der Waals surface area contributed by atoms with Crippen LogP contribution in [0.3, 0.4) is 0 Å². The van der Waals surface area contributed by atoms with Crippen LogP contribution in [-0.2, 0) is 6.42 Å². The third-order valence-corrected chi connectivity index (χ3v) is 3.55. The molecule has 2 aromatic rings. The molecule has 0 amide bonds. The van der Waals surface area contributed by atoms with E-state index in [9.17, 15) is 0 Å². The first kappa shape index (κ1) is 11.3. The van der Waals surface area contributed by atoms with E-state index in [0.29, 0.717) is 0 Å². The van der Waals surface area contributed by atoms with Crippen LogP contribution in [0.1, 0.15) is 24.8 Å². The van der Waals surface area contributed by atoms with Gasteiger partial charge in [0.05, 0.1) is 5.69 Å². The molecule has 0 radical (unpaired) electrons. The highest BCUT2D eigenvalue weighted by Gasteiger charge is 2.23. The fourth-order valence-electron chi connectivity index (χ4n) is 2.75. The zero-order valence-electron chi connectivity index (χ0n) is 10.9. The monoisotopic (exact) mass is 242 g/mol. The zero-order chi connectivity index (χ0) is 12.5. The molecule has 0 unspecified atom stereocenters. The van der Waals surface area contributed by atoms with Gasteiger partial charge in [0.2, 0.25) is 0 Å². The van der Waals surface area contributed by atoms with Gasteiger partial charge in [-0.2, -0.15) is 0 Å². The smallest absolute Gasteiger partial charge is 0.146 e. The molecular formula is C15H18N2O. The quantitative estimate of drug-likeness (QED) is 0.808. The topological polar surface area (TPSA) is 29.3 Å². The first-order chi connectivity index (χ1) is 8.81. The summed E-state index contributed by atoms with van der Waals surface area (Å²) in [7, 11) is 0. The maximum atomic E-state index is 5.47. The van der Waals surface area contributed by atoms with E-state index in [4.69, 9.17) is 4.52 Å². The lowest BCUT2D eigenvalue weighted by atomic mass is 10.0. The van der Waals surface area contributed by atoms with Crippen molar-refractivity contribution in [2.24, 2.45) is 0 Å². The molecule has 0 atom stereocenters. The van der Waals surface area contributed by atoms with Crippen molar-refractivity contribution >= 4 is 5.69 Å². The summed E-state index contributed by atoms with van der Waals surface area (Å²) in [4.78, 5) is 2.45. The molecule has 0 aliphatic carbocycles. The fraction of sp³-hybridized carbons (Fsp3) is 0.400. The predicted molar refractivity (Wildman–Crippen MR) is 72.9 cm³/mol. The summed E-state index contributed by atoms with van der Waals surface area (Å²) in [5, 5.41) is 4.12. The molecule has 18 heavy (non-hydrogen) atoms. The van der Waals surface area contributed by atoms with Gasteiger partial charge in [-0.25, -0.2) is 0 Å². The molecule has 94 valence electrons. The number of para-hydroxylation sites is 1. The zero-order valence-corrected chi connectivity index (χ0v) is 10.9. The molecule has 3 nitrogen and oxygen atoms in total. The maximum Gasteiger partial charge on any atom is 0.146 e. The number of hydrogen-bond acceptors (Lipinski definition) is 3. The van der Waals surface area contributed by atoms with Crippen LogP contribution >= 0.6 is 0 Å². The minimum atomic E-state index is 0.935. The summed E-state index contributed by atoms with van der Waals surface area (Å²) in [6.07, 6.45) is 2.10. The van der Waals surface area contributed by atoms with Crippen LogP contribution in [0.2, 0.25) is 0 Å². The normalized spacial score (nSPS) is 14.0. The Hall–Kier alpha value is -1.77. The second kappa shape index (κ2) is 4.48. The Morgan fingerprint density at radius 3 is 3.00 bits per heavy atom. The predicted octanol–water partition coefficient (Wildman–Crippen LogP) is 3.42. The lowest BCUT2D eigenvalue weighted by Crippen LogP contribution is -2.25. The Bertz CT molecular complexity index is 559. The van der Waals surface area contributed by atoms with E-state index < -0.39 is 0 Å². The van der Waals surface area contributed by atoms with E-state index >= 15 is 0 Å². The van der Waals surface area contributed by atoms with E-state index in [2.05, 4.69) is 41.2 Å². The van der Waals surface area contributed by atoms with Gasteiger partial charge in [-0.3, -0.25) is 0 Å². The molecular weight excluding hydrogens is 224 g/mol. The Morgan fingerprint density at radius 1 is 1.33 bits per heavy atom. The molecule has 1 aromatic heterocycles. The second-order valence-electron chi connectivity index (χ2n) is 4.82. The molecule has 0 bridgehead atoms. The summed E-state index contributed by atoms with van der Waals surface area (Å²) < 4.78 is 5.47. The first-order valence-electron chi connectivity index (χ1n) is 6.60. The molecule has 1 aromatic carbocycles. The SMILES string of the molecule is CCCN1CCc2onc(C)c2-c2ccccc21. The molecule has 0 fully saturated rings. The highest BCUT2D eigenvalue weighted by Crippen LogP contribution is 2.38. The average molecular weight is 242 g/mol. The van der Waals surface area contributed by atoms with Crippen LogP contribution in [-0.4, -0.2) is 18.2 Å². The fourth-order valence-corrected chi connectivity index (χ4v) is 2.75. The van der Waals surface area contributed by atoms with Gasteiger partial charge in [0.25, 0.3) is 0 Å². The summed E-state index contributed by atoms with van der Waals surface area (Å²) in [5.41, 5.74) is 4.77. The van der Waals surface area contributed by atoms with Gasteiger partial charge >= 0.3 is 0 Å². The Kier molecular flexibility index (Phi) is 2.82. The minimum Gasteiger partial charge on any atom is -0.371 e. The molecule has 1 aliphatic heterocycles. The van der Waals surface area contributed by atoms with Crippen molar-refractivity contribution in [3.05, 3.63) is 35.7 Å². The molecule has 0 saturated carbocycles. The van der Waals surface area contributed by atoms with E-state index in [1.54, 1.807) is 0 Å². The summed E-state index contributed by atoms with van der Waals surface area (Å²) in [5.74, 6) is 1.03. The number of aryl methyl sites for hydroxylation is 1. The molecule has 0 spiro atoms. The molecule has 3 rings (SSSR count). The third-order valence-electron chi connectivity index (χ3n) is 3.55. The molecule has 3 heteroatoms. The van der Waals surface area contributed by atoms with Crippen LogP contribution < -0.4 is 4.90 Å². The minimum absolute atomic E-state index is 0.935. The number of aromatic nitrogens is 1. The molecule has 0 N–H and O–H groups in total. The van der Waals surface area contributed by atoms with Crippen molar-refractivity contribution in [2.75, 3.05) is 18.0 Å². The van der Waals surface area contributed by atoms with Gasteiger partial charge in [0, 0.05) is 36.3 Å². The number of anilines is 1. The second-order valence-corrected chi connectivity index (χ2v) is 4.82. The van der Waals surface area contributed by atoms with E-state index in [1.165, 1.54) is 16.8 Å². The van der Waals surface area contributed by atoms with Crippen molar-refractivity contribution < 1.29 is 4.52 Å². The van der Waals surface area contributed by atoms with Crippen LogP contribution in [0, 0.1) is 6.92 Å². The van der Waals surface area contributed by atoms with Crippen molar-refractivity contribution in [3.8, 4) is 11.1 Å². The van der Waals surface area contributed by atoms with Crippen molar-refractivity contribution in [1.82, 2.24) is 5.16 Å². The average Bonchev–Trinajstić information content (AvgIpc) is 2.67. The summed E-state index contributed by atoms with van der Waals surface area (Å²) >= 11 is 0. The van der Waals surface area contributed by atoms with E-state index in [1.807, 2.05) is 6.92 Å². The van der Waals surface area contributed by atoms with Crippen molar-refractivity contribution in [1.29, 1.82) is 0 Å². The van der Waals surface area contributed by atoms with Crippen molar-refractivity contribution in [2.45, 2.75) is 26.7 Å². The van der Waals surface area contributed by atoms with Crippen molar-refractivity contribution in [3.63, 3.8) is 0 Å². The standard InChI is InChI=1S/C15H18N2O/c1-3-9-17-10-8-14-15(11(2)16-18-14)12-6-4-5-7-13(12)17/h4-7H,3,8-10H2,1-2H3. The van der Waals surface area contributed by atoms with Gasteiger partial charge in [-0.05, 0) is 19.4 Å². The van der Waals surface area contributed by atoms with Gasteiger partial charge in [0.15, 0.2) is 0 Å². The Morgan fingerprint density at radius 2 is 2.17 bits per heavy atom. The highest BCUT2D eigenvalue weighted by atomic mass is 16.5. The largest absolute Gasteiger partial charge is 0.371 e. The van der Waals surface area contributed by atoms with Gasteiger partial charge in [-0.15, -0.1) is 0 Å². The number of benzene rings is 1. The maximum absolute atomic E-state index is 5.47. The van der Waals surface area contributed by atoms with Crippen LogP contribution in [0.25, 0.3) is 11.1 Å². The van der Waals surface area contributed by atoms with Crippen LogP contribution in [0.15, 0.2) is 28.8 Å². The van der Waals surface area contributed by atoms with Gasteiger partial charge < -0.3 is 9.42 Å². The number of hydrogen-bond donors (Lipinski definition) is 0. The molecule has 0 saturated heterocycles. The van der Waals surface area contributed by atoms with E-state index in [-0.39, 0.29) is 0 Å². The Balaban J connectivity index is 2.17.